The summed E-state index contributed by atoms with van der Waals surface area (Å²) in [4.78, 5) is 21.8. The lowest BCUT2D eigenvalue weighted by Gasteiger charge is -2.27. The van der Waals surface area contributed by atoms with Gasteiger partial charge in [-0.05, 0) is 0 Å². The first-order valence-electron chi connectivity index (χ1n) is 4.11. The number of nitrogens with one attached hydrogen (secondary N) is 1. The van der Waals surface area contributed by atoms with Crippen LogP contribution in [0.4, 0.5) is 0 Å². The molecule has 1 atom stereocenters. The molecule has 1 fully saturated rings. The molecule has 0 saturated carbocycles. The number of hydrogen-bond donors (Lipinski definition) is 2. The molecular formula is C7H11N3O4. The van der Waals surface area contributed by atoms with Crippen LogP contribution in [0.2, 0.25) is 0 Å². The zero-order valence-corrected chi connectivity index (χ0v) is 7.42. The van der Waals surface area contributed by atoms with Gasteiger partial charge in [0.2, 0.25) is 0 Å². The molecular weight excluding hydrogens is 190 g/mol. The van der Waals surface area contributed by atoms with Crippen molar-refractivity contribution in [2.24, 2.45) is 0 Å². The average molecular weight is 201 g/mol. The molecule has 0 aliphatic carbocycles. The van der Waals surface area contributed by atoms with Gasteiger partial charge >= 0.3 is 5.97 Å². The van der Waals surface area contributed by atoms with Gasteiger partial charge in [-0.1, -0.05) is 0 Å². The molecule has 2 N–H and O–H groups in total. The van der Waals surface area contributed by atoms with Crippen LogP contribution in [0.1, 0.15) is 0 Å². The van der Waals surface area contributed by atoms with E-state index in [1.54, 1.807) is 4.90 Å². The standard InChI is InChI=1S/C7H11N3O4/c11-7(12)1-3-9-4-2-8-6(5-9)10(13)14/h1,3,6,8H,2,4-5H2,(H,11,12)/b3-1+/t6-/m0/s1. The molecule has 0 unspecified atom stereocenters. The third-order valence-electron chi connectivity index (χ3n) is 1.87. The van der Waals surface area contributed by atoms with Gasteiger partial charge in [-0.25, -0.2) is 4.79 Å². The molecule has 78 valence electrons. The minimum atomic E-state index is -1.05. The number of carboxylic acids is 1. The highest BCUT2D eigenvalue weighted by Crippen LogP contribution is 2.00. The molecule has 0 aromatic rings. The topological polar surface area (TPSA) is 95.7 Å². The van der Waals surface area contributed by atoms with Crippen LogP contribution >= 0.6 is 0 Å². The number of piperazine rings is 1. The third-order valence-corrected chi connectivity index (χ3v) is 1.87. The van der Waals surface area contributed by atoms with E-state index in [1.165, 1.54) is 6.20 Å². The molecule has 7 heteroatoms. The number of nitrogens with zero attached hydrogens (tertiary/aromatic N) is 2. The predicted octanol–water partition coefficient (Wildman–Crippen LogP) is -0.907. The quantitative estimate of drug-likeness (QED) is 0.349. The van der Waals surface area contributed by atoms with Crippen molar-refractivity contribution in [3.8, 4) is 0 Å². The molecule has 1 saturated heterocycles. The Morgan fingerprint density at radius 1 is 1.71 bits per heavy atom. The van der Waals surface area contributed by atoms with Crippen molar-refractivity contribution in [2.75, 3.05) is 19.6 Å². The fraction of sp³-hybridized carbons (Fsp3) is 0.571. The van der Waals surface area contributed by atoms with Gasteiger partial charge in [0.15, 0.2) is 0 Å². The van der Waals surface area contributed by atoms with Crippen molar-refractivity contribution in [3.05, 3.63) is 22.4 Å². The van der Waals surface area contributed by atoms with Crippen molar-refractivity contribution in [1.82, 2.24) is 10.2 Å². The highest BCUT2D eigenvalue weighted by molar-refractivity contribution is 5.79. The van der Waals surface area contributed by atoms with Crippen LogP contribution in [0.3, 0.4) is 0 Å². The smallest absolute Gasteiger partial charge is 0.329 e. The maximum atomic E-state index is 10.4. The van der Waals surface area contributed by atoms with Gasteiger partial charge in [0.05, 0.1) is 6.54 Å². The lowest BCUT2D eigenvalue weighted by Crippen LogP contribution is -2.52. The summed E-state index contributed by atoms with van der Waals surface area (Å²) in [5, 5.41) is 21.5. The molecule has 0 spiro atoms. The van der Waals surface area contributed by atoms with Crippen LogP contribution < -0.4 is 5.32 Å². The van der Waals surface area contributed by atoms with Gasteiger partial charge in [0.25, 0.3) is 6.17 Å². The third kappa shape index (κ3) is 3.02. The van der Waals surface area contributed by atoms with Gasteiger partial charge in [0.1, 0.15) is 0 Å². The lowest BCUT2D eigenvalue weighted by molar-refractivity contribution is -0.531. The normalized spacial score (nSPS) is 22.6. The van der Waals surface area contributed by atoms with E-state index in [1.807, 2.05) is 0 Å². The second kappa shape index (κ2) is 4.56. The number of aliphatic carboxylic acids is 1. The minimum Gasteiger partial charge on any atom is -0.478 e. The maximum Gasteiger partial charge on any atom is 0.329 e. The molecule has 0 bridgehead atoms. The van der Waals surface area contributed by atoms with Gasteiger partial charge < -0.3 is 10.0 Å². The largest absolute Gasteiger partial charge is 0.478 e. The molecule has 1 heterocycles. The van der Waals surface area contributed by atoms with E-state index in [4.69, 9.17) is 5.11 Å². The maximum absolute atomic E-state index is 10.4. The minimum absolute atomic E-state index is 0.191. The molecule has 1 aliphatic heterocycles. The summed E-state index contributed by atoms with van der Waals surface area (Å²) in [6, 6.07) is 0. The van der Waals surface area contributed by atoms with Crippen LogP contribution in [-0.4, -0.2) is 46.7 Å². The van der Waals surface area contributed by atoms with Crippen molar-refractivity contribution in [2.45, 2.75) is 6.17 Å². The number of rotatable bonds is 3. The van der Waals surface area contributed by atoms with E-state index in [0.717, 1.165) is 6.08 Å². The first kappa shape index (κ1) is 10.5. The summed E-state index contributed by atoms with van der Waals surface area (Å²) >= 11 is 0. The molecule has 0 amide bonds. The molecule has 0 aromatic heterocycles. The van der Waals surface area contributed by atoms with Crippen LogP contribution in [0.15, 0.2) is 12.3 Å². The van der Waals surface area contributed by atoms with Crippen molar-refractivity contribution in [3.63, 3.8) is 0 Å². The second-order valence-corrected chi connectivity index (χ2v) is 2.90. The van der Waals surface area contributed by atoms with Crippen molar-refractivity contribution in [1.29, 1.82) is 0 Å². The molecule has 14 heavy (non-hydrogen) atoms. The highest BCUT2D eigenvalue weighted by atomic mass is 16.6. The van der Waals surface area contributed by atoms with Crippen LogP contribution in [0, 0.1) is 10.1 Å². The van der Waals surface area contributed by atoms with Gasteiger partial charge in [0, 0.05) is 30.3 Å². The lowest BCUT2D eigenvalue weighted by atomic mass is 10.3. The first-order valence-corrected chi connectivity index (χ1v) is 4.11. The zero-order chi connectivity index (χ0) is 10.6. The number of hydrogen-bond acceptors (Lipinski definition) is 5. The van der Waals surface area contributed by atoms with Crippen LogP contribution in [0.25, 0.3) is 0 Å². The first-order chi connectivity index (χ1) is 6.59. The monoisotopic (exact) mass is 201 g/mol. The summed E-state index contributed by atoms with van der Waals surface area (Å²) in [7, 11) is 0. The van der Waals surface area contributed by atoms with E-state index in [9.17, 15) is 14.9 Å². The Morgan fingerprint density at radius 3 is 3.00 bits per heavy atom. The number of carbonyl (C=O) groups is 1. The van der Waals surface area contributed by atoms with E-state index in [-0.39, 0.29) is 6.54 Å². The molecule has 0 aromatic carbocycles. The Bertz CT molecular complexity index is 266. The van der Waals surface area contributed by atoms with Crippen molar-refractivity contribution >= 4 is 5.97 Å². The predicted molar refractivity (Wildman–Crippen MR) is 47.1 cm³/mol. The SMILES string of the molecule is O=C(O)/C=C/N1CCN[C@@H]([N+](=O)[O-])C1. The van der Waals surface area contributed by atoms with Gasteiger partial charge in [-0.3, -0.25) is 15.4 Å². The molecule has 1 aliphatic rings. The van der Waals surface area contributed by atoms with E-state index in [0.29, 0.717) is 13.1 Å². The molecule has 7 nitrogen and oxygen atoms in total. The summed E-state index contributed by atoms with van der Waals surface area (Å²) in [6.07, 6.45) is 1.52. The zero-order valence-electron chi connectivity index (χ0n) is 7.42. The number of carboxylic acid groups (broad SMARTS) is 1. The summed E-state index contributed by atoms with van der Waals surface area (Å²) in [5.41, 5.74) is 0. The Kier molecular flexibility index (Phi) is 3.41. The fourth-order valence-corrected chi connectivity index (χ4v) is 1.20. The van der Waals surface area contributed by atoms with Gasteiger partial charge in [-0.2, -0.15) is 0 Å². The number of nitro groups is 1. The van der Waals surface area contributed by atoms with Crippen molar-refractivity contribution < 1.29 is 14.8 Å². The van der Waals surface area contributed by atoms with Crippen LogP contribution in [-0.2, 0) is 4.79 Å². The Balaban J connectivity index is 2.48. The molecule has 0 radical (unpaired) electrons. The summed E-state index contributed by atoms with van der Waals surface area (Å²) in [5.74, 6) is -1.05. The van der Waals surface area contributed by atoms with E-state index in [2.05, 4.69) is 5.32 Å². The summed E-state index contributed by atoms with van der Waals surface area (Å²) < 4.78 is 0. The van der Waals surface area contributed by atoms with E-state index < -0.39 is 17.1 Å². The van der Waals surface area contributed by atoms with Crippen LogP contribution in [0.5, 0.6) is 0 Å². The Labute approximate surface area is 80.2 Å². The fourth-order valence-electron chi connectivity index (χ4n) is 1.20. The summed E-state index contributed by atoms with van der Waals surface area (Å²) in [6.45, 7) is 1.25. The van der Waals surface area contributed by atoms with Gasteiger partial charge in [-0.15, -0.1) is 0 Å². The average Bonchev–Trinajstić information content (AvgIpc) is 2.15. The molecule has 1 rings (SSSR count). The van der Waals surface area contributed by atoms with E-state index >= 15 is 0 Å². The Morgan fingerprint density at radius 2 is 2.43 bits per heavy atom. The Hall–Kier alpha value is -1.63. The highest BCUT2D eigenvalue weighted by Gasteiger charge is 2.25. The second-order valence-electron chi connectivity index (χ2n) is 2.90.